The molecule has 0 saturated heterocycles. The molecule has 1 heterocycles. The van der Waals surface area contributed by atoms with Gasteiger partial charge in [0.15, 0.2) is 0 Å². The van der Waals surface area contributed by atoms with Crippen molar-refractivity contribution in [3.8, 4) is 17.6 Å². The molecule has 0 radical (unpaired) electrons. The Kier molecular flexibility index (Phi) is 6.44. The molecule has 3 nitrogen and oxygen atoms in total. The van der Waals surface area contributed by atoms with Crippen LogP contribution in [0.15, 0.2) is 30.3 Å². The number of rotatable bonds is 6. The molecule has 128 valence electrons. The molecule has 1 atom stereocenters. The van der Waals surface area contributed by atoms with Crippen molar-refractivity contribution in [2.45, 2.75) is 39.2 Å². The highest BCUT2D eigenvalue weighted by molar-refractivity contribution is 7.12. The van der Waals surface area contributed by atoms with Gasteiger partial charge in [0, 0.05) is 10.4 Å². The lowest BCUT2D eigenvalue weighted by Crippen LogP contribution is -2.40. The van der Waals surface area contributed by atoms with Gasteiger partial charge in [-0.15, -0.1) is 11.3 Å². The minimum Gasteiger partial charge on any atom is -0.481 e. The van der Waals surface area contributed by atoms with E-state index in [-0.39, 0.29) is 6.61 Å². The van der Waals surface area contributed by atoms with E-state index in [1.807, 2.05) is 25.1 Å². The zero-order valence-corrected chi connectivity index (χ0v) is 15.4. The van der Waals surface area contributed by atoms with Crippen molar-refractivity contribution in [2.24, 2.45) is 5.73 Å². The fourth-order valence-corrected chi connectivity index (χ4v) is 3.21. The molecule has 0 aliphatic carbocycles. The third kappa shape index (κ3) is 6.01. The van der Waals surface area contributed by atoms with Crippen molar-refractivity contribution < 1.29 is 9.84 Å². The van der Waals surface area contributed by atoms with Gasteiger partial charge in [0.05, 0.1) is 11.5 Å². The van der Waals surface area contributed by atoms with E-state index in [0.717, 1.165) is 23.5 Å². The summed E-state index contributed by atoms with van der Waals surface area (Å²) in [4.78, 5) is 2.26. The maximum atomic E-state index is 9.19. The van der Waals surface area contributed by atoms with Gasteiger partial charge in [0.2, 0.25) is 0 Å². The molecule has 0 fully saturated rings. The third-order valence-electron chi connectivity index (χ3n) is 3.68. The fraction of sp³-hybridized carbons (Fsp3) is 0.400. The average Bonchev–Trinajstić information content (AvgIpc) is 2.97. The largest absolute Gasteiger partial charge is 0.481 e. The van der Waals surface area contributed by atoms with E-state index in [2.05, 4.69) is 37.8 Å². The number of aliphatic hydroxyl groups is 1. The summed E-state index contributed by atoms with van der Waals surface area (Å²) in [5.41, 5.74) is 7.82. The molecular weight excluding hydrogens is 318 g/mol. The van der Waals surface area contributed by atoms with E-state index in [9.17, 15) is 5.11 Å². The van der Waals surface area contributed by atoms with Crippen LogP contribution in [0.2, 0.25) is 0 Å². The number of hydrogen-bond donors (Lipinski definition) is 2. The van der Waals surface area contributed by atoms with Gasteiger partial charge in [-0.3, -0.25) is 0 Å². The fourth-order valence-electron chi connectivity index (χ4n) is 2.33. The molecule has 0 aliphatic heterocycles. The molecule has 1 unspecified atom stereocenters. The van der Waals surface area contributed by atoms with Gasteiger partial charge < -0.3 is 15.6 Å². The summed E-state index contributed by atoms with van der Waals surface area (Å²) in [6.07, 6.45) is 1.62. The molecule has 2 aromatic rings. The van der Waals surface area contributed by atoms with Crippen LogP contribution in [0.3, 0.4) is 0 Å². The minimum absolute atomic E-state index is 0.000805. The van der Waals surface area contributed by atoms with Crippen molar-refractivity contribution in [3.63, 3.8) is 0 Å². The van der Waals surface area contributed by atoms with E-state index in [4.69, 9.17) is 10.5 Å². The molecule has 0 amide bonds. The van der Waals surface area contributed by atoms with E-state index >= 15 is 0 Å². The van der Waals surface area contributed by atoms with Crippen molar-refractivity contribution in [3.05, 3.63) is 51.2 Å². The molecule has 0 saturated carbocycles. The molecule has 24 heavy (non-hydrogen) atoms. The van der Waals surface area contributed by atoms with Gasteiger partial charge in [0.1, 0.15) is 12.4 Å². The van der Waals surface area contributed by atoms with Crippen LogP contribution >= 0.6 is 11.3 Å². The van der Waals surface area contributed by atoms with Gasteiger partial charge in [-0.05, 0) is 69.0 Å². The smallest absolute Gasteiger partial charge is 0.149 e. The summed E-state index contributed by atoms with van der Waals surface area (Å²) in [7, 11) is 0. The van der Waals surface area contributed by atoms with Gasteiger partial charge in [-0.1, -0.05) is 17.9 Å². The van der Waals surface area contributed by atoms with Crippen molar-refractivity contribution in [2.75, 3.05) is 13.2 Å². The zero-order valence-electron chi connectivity index (χ0n) is 14.6. The predicted molar refractivity (Wildman–Crippen MR) is 101 cm³/mol. The SMILES string of the molecule is Cc1cc(C)cc(OCC#Cc2ccc(CCC(C)(N)CO)s2)c1. The summed E-state index contributed by atoms with van der Waals surface area (Å²) >= 11 is 1.67. The van der Waals surface area contributed by atoms with Crippen LogP contribution in [0.1, 0.15) is 34.2 Å². The van der Waals surface area contributed by atoms with E-state index in [1.165, 1.54) is 16.0 Å². The first-order valence-electron chi connectivity index (χ1n) is 8.06. The number of benzene rings is 1. The Morgan fingerprint density at radius 2 is 1.92 bits per heavy atom. The van der Waals surface area contributed by atoms with E-state index < -0.39 is 5.54 Å². The standard InChI is InChI=1S/C20H25NO2S/c1-15-11-16(2)13-17(12-15)23-10-4-5-18-6-7-19(24-18)8-9-20(3,21)14-22/h6-7,11-13,22H,8-10,14,21H2,1-3H3. The normalized spacial score (nSPS) is 13.0. The Morgan fingerprint density at radius 1 is 1.21 bits per heavy atom. The highest BCUT2D eigenvalue weighted by Gasteiger charge is 2.16. The second-order valence-electron chi connectivity index (χ2n) is 6.49. The summed E-state index contributed by atoms with van der Waals surface area (Å²) in [6.45, 7) is 6.36. The average molecular weight is 343 g/mol. The summed E-state index contributed by atoms with van der Waals surface area (Å²) in [5.74, 6) is 7.06. The van der Waals surface area contributed by atoms with Crippen molar-refractivity contribution >= 4 is 11.3 Å². The van der Waals surface area contributed by atoms with Crippen LogP contribution in [0.5, 0.6) is 5.75 Å². The first-order valence-corrected chi connectivity index (χ1v) is 8.88. The van der Waals surface area contributed by atoms with Gasteiger partial charge in [-0.25, -0.2) is 0 Å². The Bertz CT molecular complexity index is 717. The van der Waals surface area contributed by atoms with Gasteiger partial charge in [-0.2, -0.15) is 0 Å². The maximum Gasteiger partial charge on any atom is 0.149 e. The van der Waals surface area contributed by atoms with Crippen LogP contribution in [-0.4, -0.2) is 23.9 Å². The van der Waals surface area contributed by atoms with Crippen LogP contribution < -0.4 is 10.5 Å². The number of ether oxygens (including phenoxy) is 1. The minimum atomic E-state index is -0.518. The lowest BCUT2D eigenvalue weighted by molar-refractivity contribution is 0.201. The molecule has 2 rings (SSSR count). The topological polar surface area (TPSA) is 55.5 Å². The maximum absolute atomic E-state index is 9.19. The first kappa shape index (κ1) is 18.5. The van der Waals surface area contributed by atoms with Gasteiger partial charge >= 0.3 is 0 Å². The number of aryl methyl sites for hydroxylation is 3. The predicted octanol–water partition coefficient (Wildman–Crippen LogP) is 3.44. The van der Waals surface area contributed by atoms with Crippen LogP contribution in [0.25, 0.3) is 0 Å². The van der Waals surface area contributed by atoms with Crippen molar-refractivity contribution in [1.29, 1.82) is 0 Å². The Balaban J connectivity index is 1.85. The van der Waals surface area contributed by atoms with E-state index in [0.29, 0.717) is 6.61 Å². The molecule has 1 aromatic carbocycles. The monoisotopic (exact) mass is 343 g/mol. The number of aliphatic hydroxyl groups excluding tert-OH is 1. The van der Waals surface area contributed by atoms with E-state index in [1.54, 1.807) is 11.3 Å². The molecule has 1 aromatic heterocycles. The molecule has 3 N–H and O–H groups in total. The molecule has 0 aliphatic rings. The van der Waals surface area contributed by atoms with Crippen LogP contribution in [0.4, 0.5) is 0 Å². The number of thiophene rings is 1. The Morgan fingerprint density at radius 3 is 2.58 bits per heavy atom. The first-order chi connectivity index (χ1) is 11.4. The van der Waals surface area contributed by atoms with Crippen LogP contribution in [0, 0.1) is 25.7 Å². The summed E-state index contributed by atoms with van der Waals surface area (Å²) < 4.78 is 5.69. The molecule has 0 bridgehead atoms. The third-order valence-corrected chi connectivity index (χ3v) is 4.74. The molecule has 0 spiro atoms. The second-order valence-corrected chi connectivity index (χ2v) is 7.66. The van der Waals surface area contributed by atoms with Gasteiger partial charge in [0.25, 0.3) is 0 Å². The Labute approximate surface area is 148 Å². The van der Waals surface area contributed by atoms with Crippen molar-refractivity contribution in [1.82, 2.24) is 0 Å². The lowest BCUT2D eigenvalue weighted by Gasteiger charge is -2.20. The zero-order chi connectivity index (χ0) is 17.6. The van der Waals surface area contributed by atoms with Crippen LogP contribution in [-0.2, 0) is 6.42 Å². The summed E-state index contributed by atoms with van der Waals surface area (Å²) in [5, 5.41) is 9.19. The highest BCUT2D eigenvalue weighted by Crippen LogP contribution is 2.20. The molecular formula is C20H25NO2S. The Hall–Kier alpha value is -1.80. The molecule has 4 heteroatoms. The number of nitrogens with two attached hydrogens (primary N) is 1. The lowest BCUT2D eigenvalue weighted by atomic mass is 9.98. The summed E-state index contributed by atoms with van der Waals surface area (Å²) in [6, 6.07) is 10.3. The second kappa shape index (κ2) is 8.34. The quantitative estimate of drug-likeness (QED) is 0.790. The highest BCUT2D eigenvalue weighted by atomic mass is 32.1. The number of hydrogen-bond acceptors (Lipinski definition) is 4.